The Hall–Kier alpha value is -3.37. The maximum atomic E-state index is 14.2. The molecule has 0 aliphatic carbocycles. The molecule has 0 heterocycles. The zero-order valence-corrected chi connectivity index (χ0v) is 27.2. The third-order valence-electron chi connectivity index (χ3n) is 7.11. The predicted molar refractivity (Wildman–Crippen MR) is 170 cm³/mol. The van der Waals surface area contributed by atoms with Gasteiger partial charge in [-0.1, -0.05) is 54.0 Å². The highest BCUT2D eigenvalue weighted by molar-refractivity contribution is 9.10. The molecule has 10 heteroatoms. The molecule has 2 atom stereocenters. The van der Waals surface area contributed by atoms with Crippen LogP contribution in [-0.2, 0) is 26.2 Å². The first-order valence-corrected chi connectivity index (χ1v) is 16.4. The van der Waals surface area contributed by atoms with Gasteiger partial charge in [-0.2, -0.15) is 0 Å². The van der Waals surface area contributed by atoms with Crippen molar-refractivity contribution in [1.82, 2.24) is 10.2 Å². The lowest BCUT2D eigenvalue weighted by molar-refractivity contribution is -0.140. The number of carbonyl (C=O) groups excluding carboxylic acids is 2. The second-order valence-electron chi connectivity index (χ2n) is 10.1. The molecule has 42 heavy (non-hydrogen) atoms. The first kappa shape index (κ1) is 33.1. The molecule has 1 N–H and O–H groups in total. The predicted octanol–water partition coefficient (Wildman–Crippen LogP) is 6.07. The van der Waals surface area contributed by atoms with E-state index in [-0.39, 0.29) is 23.4 Å². The first-order valence-electron chi connectivity index (χ1n) is 14.2. The molecule has 0 unspecified atom stereocenters. The number of nitrogens with zero attached hydrogens (tertiary/aromatic N) is 2. The Bertz CT molecular complexity index is 1450. The third-order valence-corrected chi connectivity index (χ3v) is 9.42. The summed E-state index contributed by atoms with van der Waals surface area (Å²) in [6.45, 7) is 9.68. The summed E-state index contributed by atoms with van der Waals surface area (Å²) in [5.41, 5.74) is 2.16. The van der Waals surface area contributed by atoms with Crippen LogP contribution in [0, 0.1) is 6.92 Å². The Kier molecular flexibility index (Phi) is 12.0. The van der Waals surface area contributed by atoms with Crippen LogP contribution in [0.4, 0.5) is 5.69 Å². The van der Waals surface area contributed by atoms with E-state index >= 15 is 0 Å². The van der Waals surface area contributed by atoms with E-state index in [2.05, 4.69) is 21.2 Å². The van der Waals surface area contributed by atoms with E-state index in [4.69, 9.17) is 4.74 Å². The standard InChI is InChI=1S/C32H40BrN3O5S/c1-6-24(5)34-32(38)30(7-2)35(21-25-12-10-9-11-23(25)4)31(37)22-36(27-15-17-28(18-16-27)41-8-3)42(39,40)29-19-13-26(33)14-20-29/h9-20,24,30H,6-8,21-22H2,1-5H3,(H,34,38)/t24-,30-/m1/s1. The van der Waals surface area contributed by atoms with Gasteiger partial charge in [0.05, 0.1) is 17.2 Å². The van der Waals surface area contributed by atoms with Crippen LogP contribution in [0.2, 0.25) is 0 Å². The zero-order valence-electron chi connectivity index (χ0n) is 24.8. The average Bonchev–Trinajstić information content (AvgIpc) is 2.97. The van der Waals surface area contributed by atoms with E-state index in [1.165, 1.54) is 17.0 Å². The van der Waals surface area contributed by atoms with Crippen molar-refractivity contribution in [3.05, 3.63) is 88.4 Å². The van der Waals surface area contributed by atoms with Crippen LogP contribution >= 0.6 is 15.9 Å². The van der Waals surface area contributed by atoms with Crippen LogP contribution < -0.4 is 14.4 Å². The molecule has 2 amide bonds. The molecule has 0 saturated heterocycles. The van der Waals surface area contributed by atoms with Gasteiger partial charge in [0.15, 0.2) is 0 Å². The minimum atomic E-state index is -4.16. The lowest BCUT2D eigenvalue weighted by Crippen LogP contribution is -2.53. The lowest BCUT2D eigenvalue weighted by atomic mass is 10.1. The fraction of sp³-hybridized carbons (Fsp3) is 0.375. The third kappa shape index (κ3) is 8.35. The van der Waals surface area contributed by atoms with Crippen molar-refractivity contribution in [2.75, 3.05) is 17.5 Å². The Balaban J connectivity index is 2.07. The van der Waals surface area contributed by atoms with E-state index in [0.29, 0.717) is 24.5 Å². The Labute approximate surface area is 258 Å². The fourth-order valence-corrected chi connectivity index (χ4v) is 6.15. The van der Waals surface area contributed by atoms with E-state index in [1.807, 2.05) is 58.9 Å². The highest BCUT2D eigenvalue weighted by Crippen LogP contribution is 2.28. The number of anilines is 1. The average molecular weight is 659 g/mol. The van der Waals surface area contributed by atoms with Crippen LogP contribution in [-0.4, -0.2) is 50.4 Å². The van der Waals surface area contributed by atoms with Gasteiger partial charge in [0.1, 0.15) is 18.3 Å². The van der Waals surface area contributed by atoms with Crippen LogP contribution in [0.1, 0.15) is 51.7 Å². The number of nitrogens with one attached hydrogen (secondary N) is 1. The van der Waals surface area contributed by atoms with Gasteiger partial charge in [0.25, 0.3) is 10.0 Å². The van der Waals surface area contributed by atoms with Gasteiger partial charge in [-0.25, -0.2) is 8.42 Å². The summed E-state index contributed by atoms with van der Waals surface area (Å²) >= 11 is 3.35. The van der Waals surface area contributed by atoms with Gasteiger partial charge >= 0.3 is 0 Å². The second-order valence-corrected chi connectivity index (χ2v) is 12.9. The van der Waals surface area contributed by atoms with Crippen molar-refractivity contribution in [3.63, 3.8) is 0 Å². The first-order chi connectivity index (χ1) is 20.0. The Morgan fingerprint density at radius 1 is 0.929 bits per heavy atom. The zero-order chi connectivity index (χ0) is 30.9. The molecule has 0 aliphatic rings. The highest BCUT2D eigenvalue weighted by Gasteiger charge is 2.34. The van der Waals surface area contributed by atoms with E-state index < -0.39 is 28.5 Å². The molecule has 0 aromatic heterocycles. The smallest absolute Gasteiger partial charge is 0.264 e. The molecule has 0 aliphatic heterocycles. The minimum absolute atomic E-state index is 0.0411. The van der Waals surface area contributed by atoms with Crippen LogP contribution in [0.15, 0.2) is 82.2 Å². The van der Waals surface area contributed by atoms with E-state index in [0.717, 1.165) is 26.3 Å². The number of sulfonamides is 1. The number of amides is 2. The highest BCUT2D eigenvalue weighted by atomic mass is 79.9. The molecule has 3 rings (SSSR count). The summed E-state index contributed by atoms with van der Waals surface area (Å²) in [5.74, 6) is -0.168. The lowest BCUT2D eigenvalue weighted by Gasteiger charge is -2.34. The van der Waals surface area contributed by atoms with Gasteiger partial charge in [-0.3, -0.25) is 13.9 Å². The summed E-state index contributed by atoms with van der Waals surface area (Å²) in [7, 11) is -4.16. The summed E-state index contributed by atoms with van der Waals surface area (Å²) < 4.78 is 35.4. The number of carbonyl (C=O) groups is 2. The topological polar surface area (TPSA) is 96.0 Å². The maximum Gasteiger partial charge on any atom is 0.264 e. The van der Waals surface area contributed by atoms with Crippen LogP contribution in [0.5, 0.6) is 5.75 Å². The maximum absolute atomic E-state index is 14.2. The van der Waals surface area contributed by atoms with Crippen LogP contribution in [0.3, 0.4) is 0 Å². The minimum Gasteiger partial charge on any atom is -0.494 e. The monoisotopic (exact) mass is 657 g/mol. The van der Waals surface area contributed by atoms with Crippen LogP contribution in [0.25, 0.3) is 0 Å². The molecule has 226 valence electrons. The number of hydrogen-bond acceptors (Lipinski definition) is 5. The van der Waals surface area contributed by atoms with Crippen molar-refractivity contribution >= 4 is 43.5 Å². The van der Waals surface area contributed by atoms with E-state index in [9.17, 15) is 18.0 Å². The summed E-state index contributed by atoms with van der Waals surface area (Å²) in [5, 5.41) is 3.00. The van der Waals surface area contributed by atoms with Gasteiger partial charge in [0, 0.05) is 17.1 Å². The summed E-state index contributed by atoms with van der Waals surface area (Å²) in [4.78, 5) is 29.2. The molecule has 3 aromatic rings. The fourth-order valence-electron chi connectivity index (χ4n) is 4.47. The number of rotatable bonds is 14. The van der Waals surface area contributed by atoms with Gasteiger partial charge in [0.2, 0.25) is 11.8 Å². The van der Waals surface area contributed by atoms with Crippen molar-refractivity contribution in [3.8, 4) is 5.75 Å². The van der Waals surface area contributed by atoms with Gasteiger partial charge < -0.3 is 15.0 Å². The van der Waals surface area contributed by atoms with Gasteiger partial charge in [-0.15, -0.1) is 0 Å². The molecule has 8 nitrogen and oxygen atoms in total. The molecule has 0 fully saturated rings. The molecule has 0 radical (unpaired) electrons. The Morgan fingerprint density at radius 3 is 2.14 bits per heavy atom. The van der Waals surface area contributed by atoms with Crippen molar-refractivity contribution < 1.29 is 22.7 Å². The summed E-state index contributed by atoms with van der Waals surface area (Å²) in [6, 6.07) is 19.6. The SMILES string of the molecule is CCOc1ccc(N(CC(=O)N(Cc2ccccc2C)[C@H](CC)C(=O)N[C@H](C)CC)S(=O)(=O)c2ccc(Br)cc2)cc1. The van der Waals surface area contributed by atoms with Crippen molar-refractivity contribution in [2.45, 2.75) is 71.0 Å². The van der Waals surface area contributed by atoms with E-state index in [1.54, 1.807) is 36.4 Å². The van der Waals surface area contributed by atoms with Gasteiger partial charge in [-0.05, 0) is 93.3 Å². The number of benzene rings is 3. The second kappa shape index (κ2) is 15.2. The molecule has 0 spiro atoms. The molecular formula is C32H40BrN3O5S. The Morgan fingerprint density at radius 2 is 1.57 bits per heavy atom. The molecule has 0 saturated carbocycles. The number of aryl methyl sites for hydroxylation is 1. The largest absolute Gasteiger partial charge is 0.494 e. The number of ether oxygens (including phenoxy) is 1. The normalized spacial score (nSPS) is 12.7. The van der Waals surface area contributed by atoms with Crippen molar-refractivity contribution in [2.24, 2.45) is 0 Å². The number of hydrogen-bond donors (Lipinski definition) is 1. The quantitative estimate of drug-likeness (QED) is 0.227. The number of halogens is 1. The molecule has 3 aromatic carbocycles. The van der Waals surface area contributed by atoms with Crippen molar-refractivity contribution in [1.29, 1.82) is 0 Å². The molecule has 0 bridgehead atoms. The molecular weight excluding hydrogens is 618 g/mol. The summed E-state index contributed by atoms with van der Waals surface area (Å²) in [6.07, 6.45) is 1.10.